The minimum absolute atomic E-state index is 0.0414. The number of carbonyl (C=O) groups excluding carboxylic acids is 2. The third kappa shape index (κ3) is 5.35. The quantitative estimate of drug-likeness (QED) is 0.413. The lowest BCUT2D eigenvalue weighted by atomic mass is 9.98. The SMILES string of the molecule is CC[C@H](NC(=O)OCC1c2ccccc2-c2ccccc21)C(=O)NCCc1nc(C(=O)O)c(C)s1. The van der Waals surface area contributed by atoms with Crippen LogP contribution in [-0.4, -0.2) is 47.3 Å². The zero-order valence-corrected chi connectivity index (χ0v) is 20.4. The van der Waals surface area contributed by atoms with Crippen LogP contribution in [0.2, 0.25) is 0 Å². The van der Waals surface area contributed by atoms with Gasteiger partial charge in [-0.2, -0.15) is 0 Å². The molecule has 1 heterocycles. The lowest BCUT2D eigenvalue weighted by Crippen LogP contribution is -2.47. The number of aryl methyl sites for hydroxylation is 1. The predicted octanol–water partition coefficient (Wildman–Crippen LogP) is 4.13. The molecule has 3 aromatic rings. The predicted molar refractivity (Wildman–Crippen MR) is 133 cm³/mol. The van der Waals surface area contributed by atoms with Crippen LogP contribution < -0.4 is 10.6 Å². The van der Waals surface area contributed by atoms with Crippen LogP contribution in [0, 0.1) is 6.92 Å². The highest BCUT2D eigenvalue weighted by molar-refractivity contribution is 7.11. The van der Waals surface area contributed by atoms with Crippen molar-refractivity contribution in [2.45, 2.75) is 38.6 Å². The number of aromatic nitrogens is 1. The van der Waals surface area contributed by atoms with E-state index in [0.717, 1.165) is 22.3 Å². The number of thiazole rings is 1. The van der Waals surface area contributed by atoms with E-state index in [2.05, 4.69) is 27.8 Å². The van der Waals surface area contributed by atoms with Gasteiger partial charge in [0, 0.05) is 23.8 Å². The van der Waals surface area contributed by atoms with Crippen LogP contribution in [0.1, 0.15) is 50.8 Å². The maximum atomic E-state index is 12.6. The molecule has 2 amide bonds. The smallest absolute Gasteiger partial charge is 0.407 e. The van der Waals surface area contributed by atoms with Gasteiger partial charge in [0.1, 0.15) is 12.6 Å². The summed E-state index contributed by atoms with van der Waals surface area (Å²) >= 11 is 1.30. The maximum Gasteiger partial charge on any atom is 0.407 e. The van der Waals surface area contributed by atoms with Crippen molar-refractivity contribution in [2.75, 3.05) is 13.2 Å². The standard InChI is InChI=1S/C26H27N3O5S/c1-3-21(24(30)27-13-12-22-29-23(25(31)32)15(2)35-22)28-26(33)34-14-20-18-10-6-4-8-16(18)17-9-5-7-11-19(17)20/h4-11,20-21H,3,12-14H2,1-2H3,(H,27,30)(H,28,33)(H,31,32)/t21-/m0/s1. The van der Waals surface area contributed by atoms with E-state index in [1.165, 1.54) is 11.3 Å². The molecule has 1 aliphatic rings. The zero-order chi connectivity index (χ0) is 24.9. The van der Waals surface area contributed by atoms with Gasteiger partial charge in [-0.05, 0) is 35.6 Å². The van der Waals surface area contributed by atoms with Gasteiger partial charge in [0.2, 0.25) is 5.91 Å². The zero-order valence-electron chi connectivity index (χ0n) is 19.5. The average molecular weight is 494 g/mol. The maximum absolute atomic E-state index is 12.6. The number of carboxylic acid groups (broad SMARTS) is 1. The molecule has 1 aliphatic carbocycles. The van der Waals surface area contributed by atoms with Crippen molar-refractivity contribution in [3.8, 4) is 11.1 Å². The Labute approximate surface area is 207 Å². The van der Waals surface area contributed by atoms with Crippen molar-refractivity contribution in [3.05, 3.63) is 75.2 Å². The fraction of sp³-hybridized carbons (Fsp3) is 0.308. The molecule has 0 fully saturated rings. The third-order valence-electron chi connectivity index (χ3n) is 6.04. The average Bonchev–Trinajstić information content (AvgIpc) is 3.38. The molecule has 4 rings (SSSR count). The highest BCUT2D eigenvalue weighted by Crippen LogP contribution is 2.44. The van der Waals surface area contributed by atoms with Gasteiger partial charge in [-0.1, -0.05) is 55.5 Å². The molecule has 9 heteroatoms. The van der Waals surface area contributed by atoms with Crippen molar-refractivity contribution in [1.82, 2.24) is 15.6 Å². The fourth-order valence-corrected chi connectivity index (χ4v) is 5.23. The Hall–Kier alpha value is -3.72. The summed E-state index contributed by atoms with van der Waals surface area (Å²) in [7, 11) is 0. The number of hydrogen-bond acceptors (Lipinski definition) is 6. The second-order valence-corrected chi connectivity index (χ2v) is 9.58. The molecule has 1 atom stereocenters. The van der Waals surface area contributed by atoms with Crippen molar-refractivity contribution in [1.29, 1.82) is 0 Å². The van der Waals surface area contributed by atoms with Crippen LogP contribution >= 0.6 is 11.3 Å². The number of fused-ring (bicyclic) bond motifs is 3. The summed E-state index contributed by atoms with van der Waals surface area (Å²) in [4.78, 5) is 40.9. The van der Waals surface area contributed by atoms with Crippen LogP contribution in [-0.2, 0) is 16.0 Å². The Bertz CT molecular complexity index is 1210. The van der Waals surface area contributed by atoms with Gasteiger partial charge in [-0.3, -0.25) is 4.79 Å². The molecule has 0 radical (unpaired) electrons. The number of nitrogens with zero attached hydrogens (tertiary/aromatic N) is 1. The number of ether oxygens (including phenoxy) is 1. The van der Waals surface area contributed by atoms with E-state index in [4.69, 9.17) is 9.84 Å². The van der Waals surface area contributed by atoms with Crippen LogP contribution in [0.25, 0.3) is 11.1 Å². The molecule has 182 valence electrons. The second kappa shape index (κ2) is 10.7. The van der Waals surface area contributed by atoms with E-state index in [1.807, 2.05) is 36.4 Å². The number of carbonyl (C=O) groups is 3. The largest absolute Gasteiger partial charge is 0.476 e. The molecule has 2 aromatic carbocycles. The minimum atomic E-state index is -1.06. The number of rotatable bonds is 9. The molecule has 0 saturated carbocycles. The monoisotopic (exact) mass is 493 g/mol. The van der Waals surface area contributed by atoms with Gasteiger partial charge < -0.3 is 20.5 Å². The second-order valence-electron chi connectivity index (χ2n) is 8.29. The molecule has 1 aromatic heterocycles. The number of nitrogens with one attached hydrogen (secondary N) is 2. The summed E-state index contributed by atoms with van der Waals surface area (Å²) in [5.74, 6) is -1.44. The summed E-state index contributed by atoms with van der Waals surface area (Å²) in [6.07, 6.45) is 0.164. The Kier molecular flexibility index (Phi) is 7.45. The lowest BCUT2D eigenvalue weighted by Gasteiger charge is -2.18. The number of alkyl carbamates (subject to hydrolysis) is 1. The van der Waals surface area contributed by atoms with E-state index in [-0.39, 0.29) is 30.7 Å². The first-order valence-electron chi connectivity index (χ1n) is 11.5. The van der Waals surface area contributed by atoms with Gasteiger partial charge in [0.15, 0.2) is 5.69 Å². The number of benzene rings is 2. The molecular weight excluding hydrogens is 466 g/mol. The molecular formula is C26H27N3O5S. The Morgan fingerprint density at radius 1 is 1.09 bits per heavy atom. The van der Waals surface area contributed by atoms with Crippen molar-refractivity contribution < 1.29 is 24.2 Å². The summed E-state index contributed by atoms with van der Waals surface area (Å²) in [6.45, 7) is 3.97. The van der Waals surface area contributed by atoms with E-state index < -0.39 is 18.1 Å². The summed E-state index contributed by atoms with van der Waals surface area (Å²) in [6, 6.07) is 15.4. The van der Waals surface area contributed by atoms with E-state index in [0.29, 0.717) is 22.7 Å². The number of hydrogen-bond donors (Lipinski definition) is 3. The Morgan fingerprint density at radius 3 is 2.29 bits per heavy atom. The van der Waals surface area contributed by atoms with Gasteiger partial charge in [-0.25, -0.2) is 14.6 Å². The Morgan fingerprint density at radius 2 is 1.71 bits per heavy atom. The summed E-state index contributed by atoms with van der Waals surface area (Å²) in [5, 5.41) is 15.2. The van der Waals surface area contributed by atoms with E-state index in [1.54, 1.807) is 13.8 Å². The van der Waals surface area contributed by atoms with Gasteiger partial charge in [0.25, 0.3) is 0 Å². The van der Waals surface area contributed by atoms with Gasteiger partial charge in [-0.15, -0.1) is 11.3 Å². The van der Waals surface area contributed by atoms with Crippen LogP contribution in [0.15, 0.2) is 48.5 Å². The highest BCUT2D eigenvalue weighted by atomic mass is 32.1. The molecule has 0 saturated heterocycles. The fourth-order valence-electron chi connectivity index (χ4n) is 4.31. The Balaban J connectivity index is 1.29. The first-order valence-corrected chi connectivity index (χ1v) is 12.3. The molecule has 0 aliphatic heterocycles. The topological polar surface area (TPSA) is 118 Å². The molecule has 0 bridgehead atoms. The van der Waals surface area contributed by atoms with E-state index >= 15 is 0 Å². The molecule has 0 unspecified atom stereocenters. The van der Waals surface area contributed by atoms with E-state index in [9.17, 15) is 14.4 Å². The van der Waals surface area contributed by atoms with Crippen LogP contribution in [0.5, 0.6) is 0 Å². The van der Waals surface area contributed by atoms with Crippen molar-refractivity contribution >= 4 is 29.3 Å². The number of carboxylic acids is 1. The molecule has 35 heavy (non-hydrogen) atoms. The number of aromatic carboxylic acids is 1. The van der Waals surface area contributed by atoms with Gasteiger partial charge >= 0.3 is 12.1 Å². The molecule has 8 nitrogen and oxygen atoms in total. The van der Waals surface area contributed by atoms with Gasteiger partial charge in [0.05, 0.1) is 5.01 Å². The van der Waals surface area contributed by atoms with Crippen LogP contribution in [0.3, 0.4) is 0 Å². The normalized spacial score (nSPS) is 13.0. The summed E-state index contributed by atoms with van der Waals surface area (Å²) in [5.41, 5.74) is 4.58. The highest BCUT2D eigenvalue weighted by Gasteiger charge is 2.29. The van der Waals surface area contributed by atoms with Crippen molar-refractivity contribution in [2.24, 2.45) is 0 Å². The number of amides is 2. The third-order valence-corrected chi connectivity index (χ3v) is 7.07. The lowest BCUT2D eigenvalue weighted by molar-refractivity contribution is -0.123. The van der Waals surface area contributed by atoms with Crippen LogP contribution in [0.4, 0.5) is 4.79 Å². The first kappa shape index (κ1) is 24.4. The summed E-state index contributed by atoms with van der Waals surface area (Å²) < 4.78 is 5.54. The first-order chi connectivity index (χ1) is 16.9. The molecule has 3 N–H and O–H groups in total. The molecule has 0 spiro atoms. The minimum Gasteiger partial charge on any atom is -0.476 e. The van der Waals surface area contributed by atoms with Crippen molar-refractivity contribution in [3.63, 3.8) is 0 Å².